The van der Waals surface area contributed by atoms with Gasteiger partial charge in [-0.05, 0) is 58.8 Å². The molecule has 0 aliphatic carbocycles. The standard InChI is InChI=1S/C15H14INO2/c1-10-3-2-4-13(17)14(10)15(18)19-9-11-5-7-12(16)8-6-11/h2-8H,9,17H2,1H3. The van der Waals surface area contributed by atoms with Crippen LogP contribution in [-0.4, -0.2) is 5.97 Å². The molecule has 2 N–H and O–H groups in total. The van der Waals surface area contributed by atoms with Crippen LogP contribution in [0.25, 0.3) is 0 Å². The van der Waals surface area contributed by atoms with E-state index in [-0.39, 0.29) is 12.6 Å². The van der Waals surface area contributed by atoms with Crippen molar-refractivity contribution in [2.45, 2.75) is 13.5 Å². The quantitative estimate of drug-likeness (QED) is 0.513. The number of halogens is 1. The summed E-state index contributed by atoms with van der Waals surface area (Å²) in [5.41, 5.74) is 8.50. The molecule has 19 heavy (non-hydrogen) atoms. The first-order valence-electron chi connectivity index (χ1n) is 5.84. The third-order valence-corrected chi connectivity index (χ3v) is 3.51. The summed E-state index contributed by atoms with van der Waals surface area (Å²) in [6, 6.07) is 13.2. The summed E-state index contributed by atoms with van der Waals surface area (Å²) >= 11 is 2.23. The van der Waals surface area contributed by atoms with Crippen LogP contribution in [0.1, 0.15) is 21.5 Å². The minimum Gasteiger partial charge on any atom is -0.457 e. The highest BCUT2D eigenvalue weighted by molar-refractivity contribution is 14.1. The summed E-state index contributed by atoms with van der Waals surface area (Å²) in [4.78, 5) is 12.0. The van der Waals surface area contributed by atoms with Gasteiger partial charge in [0, 0.05) is 9.26 Å². The van der Waals surface area contributed by atoms with Gasteiger partial charge in [0.05, 0.1) is 5.56 Å². The topological polar surface area (TPSA) is 52.3 Å². The van der Waals surface area contributed by atoms with E-state index in [1.165, 1.54) is 0 Å². The van der Waals surface area contributed by atoms with Gasteiger partial charge in [-0.3, -0.25) is 0 Å². The molecule has 0 unspecified atom stereocenters. The first-order valence-corrected chi connectivity index (χ1v) is 6.92. The van der Waals surface area contributed by atoms with Gasteiger partial charge in [-0.2, -0.15) is 0 Å². The van der Waals surface area contributed by atoms with Crippen LogP contribution in [0.4, 0.5) is 5.69 Å². The lowest BCUT2D eigenvalue weighted by Crippen LogP contribution is -2.10. The molecule has 2 rings (SSSR count). The Kier molecular flexibility index (Phi) is 4.42. The van der Waals surface area contributed by atoms with Crippen LogP contribution in [0.3, 0.4) is 0 Å². The molecule has 3 nitrogen and oxygen atoms in total. The molecule has 0 atom stereocenters. The second-order valence-electron chi connectivity index (χ2n) is 4.24. The SMILES string of the molecule is Cc1cccc(N)c1C(=O)OCc1ccc(I)cc1. The Morgan fingerprint density at radius 3 is 2.53 bits per heavy atom. The largest absolute Gasteiger partial charge is 0.457 e. The normalized spacial score (nSPS) is 10.2. The number of rotatable bonds is 3. The number of carbonyl (C=O) groups is 1. The van der Waals surface area contributed by atoms with Gasteiger partial charge in [-0.15, -0.1) is 0 Å². The molecule has 0 saturated heterocycles. The lowest BCUT2D eigenvalue weighted by atomic mass is 10.1. The first-order chi connectivity index (χ1) is 9.08. The van der Waals surface area contributed by atoms with E-state index in [4.69, 9.17) is 10.5 Å². The molecule has 0 saturated carbocycles. The van der Waals surface area contributed by atoms with E-state index in [0.29, 0.717) is 11.3 Å². The maximum absolute atomic E-state index is 12.0. The van der Waals surface area contributed by atoms with Crippen LogP contribution in [0.15, 0.2) is 42.5 Å². The van der Waals surface area contributed by atoms with E-state index in [0.717, 1.165) is 14.7 Å². The predicted molar refractivity (Wildman–Crippen MR) is 83.9 cm³/mol. The van der Waals surface area contributed by atoms with Crippen molar-refractivity contribution in [2.75, 3.05) is 5.73 Å². The lowest BCUT2D eigenvalue weighted by Gasteiger charge is -2.09. The number of nitrogen functional groups attached to an aromatic ring is 1. The molecule has 0 bridgehead atoms. The Bertz CT molecular complexity index is 573. The summed E-state index contributed by atoms with van der Waals surface area (Å²) in [6.45, 7) is 2.10. The molecule has 98 valence electrons. The highest BCUT2D eigenvalue weighted by atomic mass is 127. The number of hydrogen-bond acceptors (Lipinski definition) is 3. The Hall–Kier alpha value is -1.56. The Morgan fingerprint density at radius 1 is 1.21 bits per heavy atom. The first kappa shape index (κ1) is 13.9. The van der Waals surface area contributed by atoms with Crippen molar-refractivity contribution in [2.24, 2.45) is 0 Å². The van der Waals surface area contributed by atoms with Crippen LogP contribution in [0.5, 0.6) is 0 Å². The fourth-order valence-corrected chi connectivity index (χ4v) is 2.13. The molecule has 0 spiro atoms. The second kappa shape index (κ2) is 6.06. The minimum atomic E-state index is -0.380. The van der Waals surface area contributed by atoms with E-state index in [2.05, 4.69) is 22.6 Å². The zero-order chi connectivity index (χ0) is 13.8. The van der Waals surface area contributed by atoms with Gasteiger partial charge in [-0.1, -0.05) is 24.3 Å². The smallest absolute Gasteiger partial charge is 0.340 e. The minimum absolute atomic E-state index is 0.253. The van der Waals surface area contributed by atoms with Crippen LogP contribution in [0.2, 0.25) is 0 Å². The van der Waals surface area contributed by atoms with Crippen molar-refractivity contribution in [3.8, 4) is 0 Å². The zero-order valence-electron chi connectivity index (χ0n) is 10.5. The summed E-state index contributed by atoms with van der Waals surface area (Å²) in [7, 11) is 0. The van der Waals surface area contributed by atoms with Crippen LogP contribution in [-0.2, 0) is 11.3 Å². The molecule has 0 amide bonds. The molecule has 0 fully saturated rings. The zero-order valence-corrected chi connectivity index (χ0v) is 12.7. The monoisotopic (exact) mass is 367 g/mol. The molecule has 0 radical (unpaired) electrons. The number of hydrogen-bond donors (Lipinski definition) is 1. The molecular formula is C15H14INO2. The van der Waals surface area contributed by atoms with Gasteiger partial charge in [0.15, 0.2) is 0 Å². The summed E-state index contributed by atoms with van der Waals surface area (Å²) < 4.78 is 6.44. The number of anilines is 1. The van der Waals surface area contributed by atoms with Gasteiger partial charge in [0.1, 0.15) is 6.61 Å². The van der Waals surface area contributed by atoms with Crippen LogP contribution in [0, 0.1) is 10.5 Å². The van der Waals surface area contributed by atoms with Gasteiger partial charge in [0.25, 0.3) is 0 Å². The van der Waals surface area contributed by atoms with Crippen LogP contribution < -0.4 is 5.73 Å². The van der Waals surface area contributed by atoms with Crippen molar-refractivity contribution in [1.82, 2.24) is 0 Å². The number of benzene rings is 2. The van der Waals surface area contributed by atoms with Gasteiger partial charge >= 0.3 is 5.97 Å². The van der Waals surface area contributed by atoms with E-state index in [9.17, 15) is 4.79 Å². The van der Waals surface area contributed by atoms with Crippen molar-refractivity contribution in [1.29, 1.82) is 0 Å². The average Bonchev–Trinajstić information content (AvgIpc) is 2.38. The summed E-state index contributed by atoms with van der Waals surface area (Å²) in [6.07, 6.45) is 0. The second-order valence-corrected chi connectivity index (χ2v) is 5.49. The highest BCUT2D eigenvalue weighted by Gasteiger charge is 2.13. The fourth-order valence-electron chi connectivity index (χ4n) is 1.77. The number of carbonyl (C=O) groups excluding carboxylic acids is 1. The van der Waals surface area contributed by atoms with Crippen LogP contribution >= 0.6 is 22.6 Å². The highest BCUT2D eigenvalue weighted by Crippen LogP contribution is 2.18. The molecule has 2 aromatic rings. The number of nitrogens with two attached hydrogens (primary N) is 1. The Labute approximate surface area is 125 Å². The average molecular weight is 367 g/mol. The fraction of sp³-hybridized carbons (Fsp3) is 0.133. The molecule has 0 aliphatic rings. The molecule has 2 aromatic carbocycles. The van der Waals surface area contributed by atoms with E-state index >= 15 is 0 Å². The number of aryl methyl sites for hydroxylation is 1. The lowest BCUT2D eigenvalue weighted by molar-refractivity contribution is 0.0473. The molecule has 0 heterocycles. The van der Waals surface area contributed by atoms with Crippen molar-refractivity contribution >= 4 is 34.2 Å². The summed E-state index contributed by atoms with van der Waals surface area (Å²) in [5, 5.41) is 0. The van der Waals surface area contributed by atoms with Gasteiger partial charge in [0.2, 0.25) is 0 Å². The maximum Gasteiger partial charge on any atom is 0.340 e. The maximum atomic E-state index is 12.0. The van der Waals surface area contributed by atoms with E-state index in [1.807, 2.05) is 43.3 Å². The molecular weight excluding hydrogens is 353 g/mol. The van der Waals surface area contributed by atoms with Crippen molar-refractivity contribution < 1.29 is 9.53 Å². The summed E-state index contributed by atoms with van der Waals surface area (Å²) in [5.74, 6) is -0.380. The Morgan fingerprint density at radius 2 is 1.89 bits per heavy atom. The van der Waals surface area contributed by atoms with Gasteiger partial charge in [-0.25, -0.2) is 4.79 Å². The van der Waals surface area contributed by atoms with Gasteiger partial charge < -0.3 is 10.5 Å². The molecule has 0 aromatic heterocycles. The van der Waals surface area contributed by atoms with E-state index in [1.54, 1.807) is 6.07 Å². The van der Waals surface area contributed by atoms with E-state index < -0.39 is 0 Å². The third kappa shape index (κ3) is 3.47. The van der Waals surface area contributed by atoms with Crippen molar-refractivity contribution in [3.05, 3.63) is 62.7 Å². The number of ether oxygens (including phenoxy) is 1. The predicted octanol–water partition coefficient (Wildman–Crippen LogP) is 3.54. The molecule has 4 heteroatoms. The van der Waals surface area contributed by atoms with Crippen molar-refractivity contribution in [3.63, 3.8) is 0 Å². The number of esters is 1. The third-order valence-electron chi connectivity index (χ3n) is 2.79. The Balaban J connectivity index is 2.07. The molecule has 0 aliphatic heterocycles.